The summed E-state index contributed by atoms with van der Waals surface area (Å²) in [5, 5.41) is 3.48. The molecule has 0 aliphatic rings. The van der Waals surface area contributed by atoms with Crippen molar-refractivity contribution in [3.63, 3.8) is 0 Å². The lowest BCUT2D eigenvalue weighted by Gasteiger charge is -2.25. The summed E-state index contributed by atoms with van der Waals surface area (Å²) < 4.78 is 0. The van der Waals surface area contributed by atoms with Gasteiger partial charge < -0.3 is 10.2 Å². The molecule has 3 heteroatoms. The first-order valence-electron chi connectivity index (χ1n) is 7.67. The van der Waals surface area contributed by atoms with E-state index < -0.39 is 0 Å². The fraction of sp³-hybridized carbons (Fsp3) is 0.389. The van der Waals surface area contributed by atoms with Crippen LogP contribution in [0.4, 0.5) is 5.82 Å². The van der Waals surface area contributed by atoms with Crippen molar-refractivity contribution in [2.24, 2.45) is 0 Å². The minimum absolute atomic E-state index is 0.474. The lowest BCUT2D eigenvalue weighted by atomic mass is 10.2. The van der Waals surface area contributed by atoms with E-state index in [1.165, 1.54) is 11.1 Å². The minimum Gasteiger partial charge on any atom is -0.352 e. The molecular formula is C18H25N3. The zero-order chi connectivity index (χ0) is 15.1. The van der Waals surface area contributed by atoms with E-state index in [0.29, 0.717) is 6.04 Å². The van der Waals surface area contributed by atoms with E-state index in [0.717, 1.165) is 25.5 Å². The lowest BCUT2D eigenvalue weighted by Crippen LogP contribution is -2.27. The third-order valence-corrected chi connectivity index (χ3v) is 3.47. The highest BCUT2D eigenvalue weighted by atomic mass is 15.2. The van der Waals surface area contributed by atoms with Crippen molar-refractivity contribution in [1.82, 2.24) is 10.3 Å². The highest BCUT2D eigenvalue weighted by Crippen LogP contribution is 2.19. The van der Waals surface area contributed by atoms with Crippen LogP contribution in [0, 0.1) is 0 Å². The summed E-state index contributed by atoms with van der Waals surface area (Å²) in [6, 6.07) is 15.2. The van der Waals surface area contributed by atoms with E-state index in [4.69, 9.17) is 0 Å². The molecule has 1 N–H and O–H groups in total. The number of hydrogen-bond donors (Lipinski definition) is 1. The smallest absolute Gasteiger partial charge is 0.133 e. The molecule has 0 amide bonds. The van der Waals surface area contributed by atoms with Gasteiger partial charge in [-0.1, -0.05) is 50.2 Å². The maximum atomic E-state index is 4.61. The van der Waals surface area contributed by atoms with E-state index in [-0.39, 0.29) is 0 Å². The van der Waals surface area contributed by atoms with Gasteiger partial charge in [-0.2, -0.15) is 0 Å². The van der Waals surface area contributed by atoms with Gasteiger partial charge in [0.2, 0.25) is 0 Å². The van der Waals surface area contributed by atoms with Gasteiger partial charge in [0.15, 0.2) is 0 Å². The summed E-state index contributed by atoms with van der Waals surface area (Å²) in [5.41, 5.74) is 2.57. The van der Waals surface area contributed by atoms with Gasteiger partial charge in [0.25, 0.3) is 0 Å². The topological polar surface area (TPSA) is 28.2 Å². The Labute approximate surface area is 128 Å². The Bertz CT molecular complexity index is 537. The Kier molecular flexibility index (Phi) is 5.76. The first kappa shape index (κ1) is 15.5. The second-order valence-corrected chi connectivity index (χ2v) is 5.52. The zero-order valence-corrected chi connectivity index (χ0v) is 13.2. The maximum Gasteiger partial charge on any atom is 0.133 e. The average Bonchev–Trinajstić information content (AvgIpc) is 2.52. The van der Waals surface area contributed by atoms with E-state index in [1.807, 2.05) is 12.3 Å². The van der Waals surface area contributed by atoms with Gasteiger partial charge in [-0.05, 0) is 18.6 Å². The number of nitrogens with one attached hydrogen (secondary N) is 1. The van der Waals surface area contributed by atoms with Crippen LogP contribution in [-0.2, 0) is 13.1 Å². The first-order valence-corrected chi connectivity index (χ1v) is 7.67. The number of hydrogen-bond acceptors (Lipinski definition) is 3. The number of aromatic nitrogens is 1. The Hall–Kier alpha value is -1.87. The predicted molar refractivity (Wildman–Crippen MR) is 89.4 cm³/mol. The Balaban J connectivity index is 2.17. The summed E-state index contributed by atoms with van der Waals surface area (Å²) >= 11 is 0. The molecule has 2 rings (SSSR count). The standard InChI is InChI=1S/C18H25N3/c1-4-21(14-16-9-6-5-7-10-16)18-17(11-8-12-19-18)13-20-15(2)3/h5-12,15,20H,4,13-14H2,1-3H3. The summed E-state index contributed by atoms with van der Waals surface area (Å²) in [6.07, 6.45) is 1.88. The quantitative estimate of drug-likeness (QED) is 0.841. The van der Waals surface area contributed by atoms with Crippen molar-refractivity contribution in [3.8, 4) is 0 Å². The van der Waals surface area contributed by atoms with Crippen LogP contribution in [0.1, 0.15) is 31.9 Å². The van der Waals surface area contributed by atoms with E-state index in [2.05, 4.69) is 72.4 Å². The molecule has 0 radical (unpaired) electrons. The van der Waals surface area contributed by atoms with Crippen LogP contribution in [-0.4, -0.2) is 17.6 Å². The molecular weight excluding hydrogens is 258 g/mol. The molecule has 0 aliphatic heterocycles. The highest BCUT2D eigenvalue weighted by molar-refractivity contribution is 5.47. The minimum atomic E-state index is 0.474. The molecule has 1 aromatic carbocycles. The van der Waals surface area contributed by atoms with Crippen LogP contribution in [0.25, 0.3) is 0 Å². The Morgan fingerprint density at radius 1 is 1.10 bits per heavy atom. The van der Waals surface area contributed by atoms with Crippen LogP contribution in [0.2, 0.25) is 0 Å². The van der Waals surface area contributed by atoms with Gasteiger partial charge in [0.05, 0.1) is 0 Å². The fourth-order valence-corrected chi connectivity index (χ4v) is 2.31. The van der Waals surface area contributed by atoms with Gasteiger partial charge in [-0.15, -0.1) is 0 Å². The first-order chi connectivity index (χ1) is 10.2. The van der Waals surface area contributed by atoms with Gasteiger partial charge in [-0.25, -0.2) is 4.98 Å². The molecule has 1 heterocycles. The number of benzene rings is 1. The summed E-state index contributed by atoms with van der Waals surface area (Å²) in [6.45, 7) is 9.20. The monoisotopic (exact) mass is 283 g/mol. The van der Waals surface area contributed by atoms with E-state index in [9.17, 15) is 0 Å². The molecule has 0 aliphatic carbocycles. The van der Waals surface area contributed by atoms with Crippen molar-refractivity contribution >= 4 is 5.82 Å². The molecule has 0 atom stereocenters. The molecule has 1 aromatic heterocycles. The van der Waals surface area contributed by atoms with Crippen molar-refractivity contribution in [3.05, 3.63) is 59.8 Å². The molecule has 0 saturated heterocycles. The third-order valence-electron chi connectivity index (χ3n) is 3.47. The molecule has 0 fully saturated rings. The number of pyridine rings is 1. The van der Waals surface area contributed by atoms with Gasteiger partial charge in [0, 0.05) is 37.4 Å². The van der Waals surface area contributed by atoms with Gasteiger partial charge in [0.1, 0.15) is 5.82 Å². The fourth-order valence-electron chi connectivity index (χ4n) is 2.31. The third kappa shape index (κ3) is 4.57. The Morgan fingerprint density at radius 2 is 1.86 bits per heavy atom. The normalized spacial score (nSPS) is 10.9. The highest BCUT2D eigenvalue weighted by Gasteiger charge is 2.11. The van der Waals surface area contributed by atoms with Crippen molar-refractivity contribution < 1.29 is 0 Å². The second kappa shape index (κ2) is 7.79. The maximum absolute atomic E-state index is 4.61. The SMILES string of the molecule is CCN(Cc1ccccc1)c1ncccc1CNC(C)C. The summed E-state index contributed by atoms with van der Waals surface area (Å²) in [5.74, 6) is 1.08. The van der Waals surface area contributed by atoms with Crippen molar-refractivity contribution in [1.29, 1.82) is 0 Å². The van der Waals surface area contributed by atoms with Gasteiger partial charge in [-0.3, -0.25) is 0 Å². The van der Waals surface area contributed by atoms with Crippen LogP contribution >= 0.6 is 0 Å². The molecule has 0 spiro atoms. The molecule has 21 heavy (non-hydrogen) atoms. The lowest BCUT2D eigenvalue weighted by molar-refractivity contribution is 0.586. The molecule has 0 saturated carbocycles. The van der Waals surface area contributed by atoms with E-state index >= 15 is 0 Å². The van der Waals surface area contributed by atoms with E-state index in [1.54, 1.807) is 0 Å². The van der Waals surface area contributed by atoms with Crippen molar-refractivity contribution in [2.45, 2.75) is 39.9 Å². The molecule has 0 bridgehead atoms. The largest absolute Gasteiger partial charge is 0.352 e. The molecule has 0 unspecified atom stereocenters. The average molecular weight is 283 g/mol. The number of rotatable bonds is 7. The van der Waals surface area contributed by atoms with Crippen LogP contribution in [0.5, 0.6) is 0 Å². The summed E-state index contributed by atoms with van der Waals surface area (Å²) in [4.78, 5) is 6.94. The number of anilines is 1. The molecule has 2 aromatic rings. The Morgan fingerprint density at radius 3 is 2.52 bits per heavy atom. The van der Waals surface area contributed by atoms with Gasteiger partial charge >= 0.3 is 0 Å². The molecule has 112 valence electrons. The van der Waals surface area contributed by atoms with Crippen LogP contribution in [0.3, 0.4) is 0 Å². The summed E-state index contributed by atoms with van der Waals surface area (Å²) in [7, 11) is 0. The van der Waals surface area contributed by atoms with Crippen LogP contribution in [0.15, 0.2) is 48.7 Å². The van der Waals surface area contributed by atoms with Crippen LogP contribution < -0.4 is 10.2 Å². The predicted octanol–water partition coefficient (Wildman–Crippen LogP) is 3.61. The second-order valence-electron chi connectivity index (χ2n) is 5.52. The zero-order valence-electron chi connectivity index (χ0n) is 13.2. The van der Waals surface area contributed by atoms with Crippen molar-refractivity contribution in [2.75, 3.05) is 11.4 Å². The molecule has 3 nitrogen and oxygen atoms in total. The number of nitrogens with zero attached hydrogens (tertiary/aromatic N) is 2.